The zero-order chi connectivity index (χ0) is 12.3. The Kier molecular flexibility index (Phi) is 11.3. The van der Waals surface area contributed by atoms with Gasteiger partial charge in [0, 0.05) is 0 Å². The maximum atomic E-state index is 4.60. The Morgan fingerprint density at radius 2 is 1.56 bits per heavy atom. The third-order valence-electron chi connectivity index (χ3n) is 3.20. The van der Waals surface area contributed by atoms with Crippen molar-refractivity contribution in [3.63, 3.8) is 0 Å². The molecule has 16 heavy (non-hydrogen) atoms. The van der Waals surface area contributed by atoms with Crippen LogP contribution in [0.3, 0.4) is 0 Å². The van der Waals surface area contributed by atoms with Crippen LogP contribution in [0.5, 0.6) is 0 Å². The van der Waals surface area contributed by atoms with Crippen molar-refractivity contribution >= 4 is 24.4 Å². The van der Waals surface area contributed by atoms with Gasteiger partial charge in [0.2, 0.25) is 0 Å². The highest BCUT2D eigenvalue weighted by Gasteiger charge is 2.26. The second-order valence-corrected chi connectivity index (χ2v) is 6.34. The topological polar surface area (TPSA) is 0 Å². The summed E-state index contributed by atoms with van der Waals surface area (Å²) in [6, 6.07) is 0. The van der Waals surface area contributed by atoms with Gasteiger partial charge in [-0.15, -0.1) is 0 Å². The first-order valence-corrected chi connectivity index (χ1v) is 8.72. The van der Waals surface area contributed by atoms with Crippen LogP contribution in [-0.2, 0) is 0 Å². The minimum absolute atomic E-state index is 0.517. The largest absolute Gasteiger partial charge is 0.179 e. The van der Waals surface area contributed by atoms with Gasteiger partial charge in [-0.3, -0.25) is 0 Å². The molecule has 0 fully saturated rings. The van der Waals surface area contributed by atoms with Crippen molar-refractivity contribution in [1.29, 1.82) is 0 Å². The number of thiol groups is 1. The molecule has 0 aromatic rings. The molecule has 0 aliphatic heterocycles. The Bertz CT molecular complexity index is 140. The Balaban J connectivity index is 3.89. The molecule has 0 atom stereocenters. The number of thioether (sulfide) groups is 1. The van der Waals surface area contributed by atoms with Crippen LogP contribution in [-0.4, -0.2) is 17.3 Å². The molecule has 2 heteroatoms. The highest BCUT2D eigenvalue weighted by molar-refractivity contribution is 7.99. The predicted molar refractivity (Wildman–Crippen MR) is 83.0 cm³/mol. The molecule has 0 amide bonds. The summed E-state index contributed by atoms with van der Waals surface area (Å²) in [5, 5.41) is 0. The van der Waals surface area contributed by atoms with E-state index in [0.29, 0.717) is 5.41 Å². The fourth-order valence-electron chi connectivity index (χ4n) is 2.28. The van der Waals surface area contributed by atoms with E-state index in [0.717, 1.165) is 5.75 Å². The summed E-state index contributed by atoms with van der Waals surface area (Å²) in [5.41, 5.74) is 0.517. The molecule has 98 valence electrons. The van der Waals surface area contributed by atoms with Gasteiger partial charge in [-0.25, -0.2) is 0 Å². The van der Waals surface area contributed by atoms with E-state index < -0.39 is 0 Å². The van der Waals surface area contributed by atoms with Gasteiger partial charge in [0.15, 0.2) is 0 Å². The summed E-state index contributed by atoms with van der Waals surface area (Å²) in [6.45, 7) is 6.88. The molecular weight excluding hydrogens is 232 g/mol. The normalized spacial score (nSPS) is 12.0. The highest BCUT2D eigenvalue weighted by atomic mass is 32.2. The smallest absolute Gasteiger partial charge is 0.000300 e. The van der Waals surface area contributed by atoms with E-state index >= 15 is 0 Å². The SMILES string of the molecule is CCCCCSCC(CS)(CCC)CCC. The van der Waals surface area contributed by atoms with E-state index in [2.05, 4.69) is 45.2 Å². The lowest BCUT2D eigenvalue weighted by molar-refractivity contribution is 0.318. The van der Waals surface area contributed by atoms with Crippen molar-refractivity contribution in [2.24, 2.45) is 5.41 Å². The number of hydrogen-bond donors (Lipinski definition) is 1. The van der Waals surface area contributed by atoms with E-state index in [-0.39, 0.29) is 0 Å². The molecule has 0 aliphatic carbocycles. The zero-order valence-corrected chi connectivity index (χ0v) is 13.1. The molecule has 0 aromatic heterocycles. The van der Waals surface area contributed by atoms with Crippen LogP contribution < -0.4 is 0 Å². The first-order chi connectivity index (χ1) is 7.74. The van der Waals surface area contributed by atoms with Gasteiger partial charge in [0.25, 0.3) is 0 Å². The van der Waals surface area contributed by atoms with Crippen LogP contribution >= 0.6 is 24.4 Å². The fraction of sp³-hybridized carbons (Fsp3) is 1.00. The molecule has 0 saturated heterocycles. The van der Waals surface area contributed by atoms with Crippen LogP contribution in [0.2, 0.25) is 0 Å². The maximum Gasteiger partial charge on any atom is -0.000300 e. The van der Waals surface area contributed by atoms with Gasteiger partial charge in [-0.05, 0) is 41.9 Å². The number of rotatable bonds is 11. The molecule has 0 N–H and O–H groups in total. The van der Waals surface area contributed by atoms with Gasteiger partial charge in [-0.1, -0.05) is 46.5 Å². The third-order valence-corrected chi connectivity index (χ3v) is 5.26. The predicted octanol–water partition coefficient (Wildman–Crippen LogP) is 5.43. The lowest BCUT2D eigenvalue weighted by Gasteiger charge is -2.31. The van der Waals surface area contributed by atoms with E-state index in [1.807, 2.05) is 0 Å². The van der Waals surface area contributed by atoms with Crippen molar-refractivity contribution in [2.75, 3.05) is 17.3 Å². The fourth-order valence-corrected chi connectivity index (χ4v) is 4.23. The lowest BCUT2D eigenvalue weighted by atomic mass is 9.83. The molecule has 0 radical (unpaired) electrons. The van der Waals surface area contributed by atoms with Crippen LogP contribution in [0.15, 0.2) is 0 Å². The van der Waals surface area contributed by atoms with Gasteiger partial charge in [-0.2, -0.15) is 24.4 Å². The molecule has 0 bridgehead atoms. The molecule has 0 aliphatic rings. The third kappa shape index (κ3) is 7.11. The van der Waals surface area contributed by atoms with Crippen LogP contribution in [0.25, 0.3) is 0 Å². The van der Waals surface area contributed by atoms with Crippen molar-refractivity contribution in [3.05, 3.63) is 0 Å². The summed E-state index contributed by atoms with van der Waals surface area (Å²) >= 11 is 6.76. The molecule has 0 spiro atoms. The summed E-state index contributed by atoms with van der Waals surface area (Å²) in [4.78, 5) is 0. The lowest BCUT2D eigenvalue weighted by Crippen LogP contribution is -2.26. The summed E-state index contributed by atoms with van der Waals surface area (Å²) in [7, 11) is 0. The monoisotopic (exact) mass is 262 g/mol. The average molecular weight is 263 g/mol. The van der Waals surface area contributed by atoms with Crippen molar-refractivity contribution < 1.29 is 0 Å². The van der Waals surface area contributed by atoms with Crippen molar-refractivity contribution in [2.45, 2.75) is 65.7 Å². The highest BCUT2D eigenvalue weighted by Crippen LogP contribution is 2.35. The number of unbranched alkanes of at least 4 members (excludes halogenated alkanes) is 2. The Morgan fingerprint density at radius 3 is 2.00 bits per heavy atom. The second-order valence-electron chi connectivity index (χ2n) is 4.92. The standard InChI is InChI=1S/C14H30S2/c1-4-7-8-11-16-13-14(12-15,9-5-2)10-6-3/h15H,4-13H2,1-3H3. The van der Waals surface area contributed by atoms with Crippen LogP contribution in [0, 0.1) is 5.41 Å². The number of hydrogen-bond acceptors (Lipinski definition) is 2. The minimum Gasteiger partial charge on any atom is -0.179 e. The molecule has 0 saturated carbocycles. The molecule has 0 heterocycles. The van der Waals surface area contributed by atoms with E-state index in [1.165, 1.54) is 56.5 Å². The Hall–Kier alpha value is 0.700. The van der Waals surface area contributed by atoms with E-state index in [4.69, 9.17) is 0 Å². The molecular formula is C14H30S2. The van der Waals surface area contributed by atoms with E-state index in [9.17, 15) is 0 Å². The van der Waals surface area contributed by atoms with E-state index in [1.54, 1.807) is 0 Å². The summed E-state index contributed by atoms with van der Waals surface area (Å²) in [5.74, 6) is 3.73. The van der Waals surface area contributed by atoms with Gasteiger partial charge in [0.1, 0.15) is 0 Å². The summed E-state index contributed by atoms with van der Waals surface area (Å²) < 4.78 is 0. The summed E-state index contributed by atoms with van der Waals surface area (Å²) in [6.07, 6.45) is 9.43. The van der Waals surface area contributed by atoms with Crippen LogP contribution in [0.4, 0.5) is 0 Å². The quantitative estimate of drug-likeness (QED) is 0.383. The molecule has 0 aromatic carbocycles. The zero-order valence-electron chi connectivity index (χ0n) is 11.4. The first-order valence-electron chi connectivity index (χ1n) is 6.93. The van der Waals surface area contributed by atoms with Crippen molar-refractivity contribution in [1.82, 2.24) is 0 Å². The first kappa shape index (κ1) is 16.7. The van der Waals surface area contributed by atoms with Gasteiger partial charge >= 0.3 is 0 Å². The molecule has 0 unspecified atom stereocenters. The van der Waals surface area contributed by atoms with Crippen molar-refractivity contribution in [3.8, 4) is 0 Å². The van der Waals surface area contributed by atoms with Crippen LogP contribution in [0.1, 0.15) is 65.7 Å². The Morgan fingerprint density at radius 1 is 0.938 bits per heavy atom. The average Bonchev–Trinajstić information content (AvgIpc) is 2.29. The maximum absolute atomic E-state index is 4.60. The minimum atomic E-state index is 0.517. The Labute approximate surface area is 113 Å². The second kappa shape index (κ2) is 10.8. The van der Waals surface area contributed by atoms with Gasteiger partial charge in [0.05, 0.1) is 0 Å². The molecule has 0 rings (SSSR count). The molecule has 0 nitrogen and oxygen atoms in total. The van der Waals surface area contributed by atoms with Gasteiger partial charge < -0.3 is 0 Å².